The molecule has 0 aliphatic heterocycles. The van der Waals surface area contributed by atoms with E-state index in [0.29, 0.717) is 90.5 Å². The van der Waals surface area contributed by atoms with Crippen LogP contribution in [0.1, 0.15) is 76.9 Å². The predicted octanol–water partition coefficient (Wildman–Crippen LogP) is 13.1. The van der Waals surface area contributed by atoms with Crippen molar-refractivity contribution in [3.63, 3.8) is 0 Å². The fourth-order valence-corrected chi connectivity index (χ4v) is 14.6. The smallest absolute Gasteiger partial charge is 0.268 e. The molecule has 10 aromatic rings. The standard InChI is InChI=1S/2C32H34N4O4SSi/c1-21-7-10-25(11-8-21)41(38,39)36-14-13-26-29(22(2)17-23(3)30(26)36)31(37)32-34-27-18-24(19-33)9-12-28(27)35(32)20-40-15-16-42(4,5)6;1-21-7-10-25(11-8-21)41(38,39)36-14-13-26-29(22(2)17-23(3)30(26)36)31(37)32-34-27-12-9-24(19-33)18-28(27)35(32)20-40-15-16-42(4,5)6/h2*7-14,17-18H,15-16,20H2,1-6H3. The molecule has 0 saturated carbocycles. The van der Waals surface area contributed by atoms with Gasteiger partial charge in [0, 0.05) is 63.7 Å². The minimum atomic E-state index is -3.91. The number of hydrogen-bond acceptors (Lipinski definition) is 12. The highest BCUT2D eigenvalue weighted by Crippen LogP contribution is 2.35. The Morgan fingerprint density at radius 2 is 0.905 bits per heavy atom. The molecule has 20 heteroatoms. The van der Waals surface area contributed by atoms with Crippen molar-refractivity contribution < 1.29 is 35.9 Å². The number of benzene rings is 6. The van der Waals surface area contributed by atoms with E-state index in [9.17, 15) is 36.9 Å². The van der Waals surface area contributed by atoms with Crippen LogP contribution in [0.3, 0.4) is 0 Å². The van der Waals surface area contributed by atoms with E-state index < -0.39 is 36.2 Å². The molecule has 16 nitrogen and oxygen atoms in total. The molecule has 4 heterocycles. The van der Waals surface area contributed by atoms with Crippen LogP contribution in [0.25, 0.3) is 43.9 Å². The first-order valence-electron chi connectivity index (χ1n) is 27.6. The average molecular weight is 1200 g/mol. The number of ether oxygens (including phenoxy) is 2. The Morgan fingerprint density at radius 3 is 1.33 bits per heavy atom. The first-order chi connectivity index (χ1) is 39.6. The van der Waals surface area contributed by atoms with E-state index >= 15 is 0 Å². The molecule has 0 atom stereocenters. The molecule has 0 bridgehead atoms. The zero-order chi connectivity index (χ0) is 60.8. The first-order valence-corrected chi connectivity index (χ1v) is 37.9. The molecule has 0 fully saturated rings. The van der Waals surface area contributed by atoms with Crippen molar-refractivity contribution in [2.24, 2.45) is 0 Å². The number of hydrogen-bond donors (Lipinski definition) is 0. The van der Waals surface area contributed by atoms with Crippen molar-refractivity contribution in [2.75, 3.05) is 13.2 Å². The van der Waals surface area contributed by atoms with Crippen LogP contribution < -0.4 is 0 Å². The van der Waals surface area contributed by atoms with Crippen molar-refractivity contribution in [2.45, 2.75) is 116 Å². The van der Waals surface area contributed by atoms with Crippen LogP contribution in [0.2, 0.25) is 51.4 Å². The van der Waals surface area contributed by atoms with Crippen molar-refractivity contribution >= 4 is 91.6 Å². The summed E-state index contributed by atoms with van der Waals surface area (Å²) in [5.74, 6) is -0.330. The van der Waals surface area contributed by atoms with Gasteiger partial charge in [-0.1, -0.05) is 86.8 Å². The second-order valence-electron chi connectivity index (χ2n) is 23.9. The summed E-state index contributed by atoms with van der Waals surface area (Å²) in [7, 11) is -10.5. The van der Waals surface area contributed by atoms with E-state index in [0.717, 1.165) is 34.3 Å². The summed E-state index contributed by atoms with van der Waals surface area (Å²) in [5.41, 5.74) is 9.79. The van der Waals surface area contributed by atoms with E-state index in [1.54, 1.807) is 106 Å². The fraction of sp³-hybridized carbons (Fsp3) is 0.281. The maximum absolute atomic E-state index is 14.3. The zero-order valence-electron chi connectivity index (χ0n) is 49.4. The van der Waals surface area contributed by atoms with Crippen LogP contribution in [0, 0.1) is 64.2 Å². The van der Waals surface area contributed by atoms with Crippen LogP contribution in [-0.4, -0.2) is 84.8 Å². The molecule has 432 valence electrons. The Morgan fingerprint density at radius 1 is 0.500 bits per heavy atom. The number of fused-ring (bicyclic) bond motifs is 4. The maximum Gasteiger partial charge on any atom is 0.268 e. The number of nitrogens with zero attached hydrogens (tertiary/aromatic N) is 8. The SMILES string of the molecule is Cc1ccc(S(=O)(=O)n2ccc3c(C(=O)c4nc5cc(C#N)ccc5n4COCC[Si](C)(C)C)c(C)cc(C)c32)cc1.Cc1ccc(S(=O)(=O)n2ccc3c(C(=O)c4nc5ccc(C#N)cc5n4COCC[Si](C)(C)C)c(C)cc(C)c32)cc1. The summed E-state index contributed by atoms with van der Waals surface area (Å²) in [6.45, 7) is 26.2. The van der Waals surface area contributed by atoms with Gasteiger partial charge in [-0.3, -0.25) is 18.7 Å². The lowest BCUT2D eigenvalue weighted by molar-refractivity contribution is 0.0835. The van der Waals surface area contributed by atoms with Gasteiger partial charge in [0.1, 0.15) is 13.5 Å². The largest absolute Gasteiger partial charge is 0.361 e. The van der Waals surface area contributed by atoms with E-state index in [4.69, 9.17) is 9.47 Å². The zero-order valence-corrected chi connectivity index (χ0v) is 53.1. The van der Waals surface area contributed by atoms with Crippen LogP contribution in [0.5, 0.6) is 0 Å². The molecule has 0 N–H and O–H groups in total. The minimum Gasteiger partial charge on any atom is -0.361 e. The van der Waals surface area contributed by atoms with E-state index in [1.807, 2.05) is 53.7 Å². The van der Waals surface area contributed by atoms with Gasteiger partial charge in [-0.25, -0.2) is 34.7 Å². The van der Waals surface area contributed by atoms with Gasteiger partial charge in [0.15, 0.2) is 11.6 Å². The highest BCUT2D eigenvalue weighted by atomic mass is 32.2. The first kappa shape index (κ1) is 60.5. The number of nitriles is 2. The predicted molar refractivity (Wildman–Crippen MR) is 334 cm³/mol. The summed E-state index contributed by atoms with van der Waals surface area (Å²) >= 11 is 0. The lowest BCUT2D eigenvalue weighted by Crippen LogP contribution is -2.22. The lowest BCUT2D eigenvalue weighted by atomic mass is 9.97. The highest BCUT2D eigenvalue weighted by Gasteiger charge is 2.30. The molecule has 0 radical (unpaired) electrons. The second-order valence-corrected chi connectivity index (χ2v) is 38.7. The third-order valence-electron chi connectivity index (χ3n) is 14.8. The molecular weight excluding hydrogens is 1130 g/mol. The molecule has 0 spiro atoms. The highest BCUT2D eigenvalue weighted by molar-refractivity contribution is 7.90. The summed E-state index contributed by atoms with van der Waals surface area (Å²) in [4.78, 5) is 38.4. The van der Waals surface area contributed by atoms with Gasteiger partial charge in [0.05, 0.1) is 66.2 Å². The van der Waals surface area contributed by atoms with E-state index in [2.05, 4.69) is 61.4 Å². The van der Waals surface area contributed by atoms with Crippen LogP contribution in [0.4, 0.5) is 0 Å². The van der Waals surface area contributed by atoms with Gasteiger partial charge in [0.25, 0.3) is 20.0 Å². The topological polar surface area (TPSA) is 214 Å². The monoisotopic (exact) mass is 1200 g/mol. The lowest BCUT2D eigenvalue weighted by Gasteiger charge is -2.17. The molecule has 0 saturated heterocycles. The number of rotatable bonds is 18. The van der Waals surface area contributed by atoms with Gasteiger partial charge in [-0.2, -0.15) is 10.5 Å². The number of aromatic nitrogens is 6. The Hall–Kier alpha value is -8.09. The Balaban J connectivity index is 0.000000202. The second kappa shape index (κ2) is 23.5. The van der Waals surface area contributed by atoms with Gasteiger partial charge in [0.2, 0.25) is 11.6 Å². The molecule has 4 aromatic heterocycles. The number of ketones is 2. The molecule has 84 heavy (non-hydrogen) atoms. The summed E-state index contributed by atoms with van der Waals surface area (Å²) < 4.78 is 72.8. The van der Waals surface area contributed by atoms with Crippen molar-refractivity contribution in [1.29, 1.82) is 10.5 Å². The quantitative estimate of drug-likeness (QED) is 0.0446. The Labute approximate surface area is 492 Å². The molecular formula is C64H68N8O8S2Si2. The molecule has 0 unspecified atom stereocenters. The molecule has 0 amide bonds. The Kier molecular flexibility index (Phi) is 16.9. The van der Waals surface area contributed by atoms with Crippen molar-refractivity contribution in [3.8, 4) is 12.1 Å². The summed E-state index contributed by atoms with van der Waals surface area (Å²) in [5, 5.41) is 20.0. The number of aryl methyl sites for hydroxylation is 6. The number of imidazole rings is 2. The Bertz CT molecular complexity index is 4390. The fourth-order valence-electron chi connectivity index (χ4n) is 10.3. The summed E-state index contributed by atoms with van der Waals surface area (Å²) in [6.07, 6.45) is 3.01. The van der Waals surface area contributed by atoms with E-state index in [-0.39, 0.29) is 46.5 Å². The maximum atomic E-state index is 14.3. The van der Waals surface area contributed by atoms with Crippen LogP contribution in [0.15, 0.2) is 131 Å². The third kappa shape index (κ3) is 12.1. The van der Waals surface area contributed by atoms with Gasteiger partial charge >= 0.3 is 0 Å². The van der Waals surface area contributed by atoms with Crippen LogP contribution in [-0.2, 0) is 43.0 Å². The summed E-state index contributed by atoms with van der Waals surface area (Å²) in [6, 6.07) is 36.9. The molecule has 0 aliphatic carbocycles. The van der Waals surface area contributed by atoms with Gasteiger partial charge in [-0.15, -0.1) is 0 Å². The number of carbonyl (C=O) groups is 2. The molecule has 10 rings (SSSR count). The number of carbonyl (C=O) groups excluding carboxylic acids is 2. The normalized spacial score (nSPS) is 12.2. The van der Waals surface area contributed by atoms with Crippen LogP contribution >= 0.6 is 0 Å². The van der Waals surface area contributed by atoms with Gasteiger partial charge < -0.3 is 9.47 Å². The molecule has 6 aromatic carbocycles. The van der Waals surface area contributed by atoms with E-state index in [1.165, 1.54) is 20.3 Å². The average Bonchev–Trinajstić information content (AvgIpc) is 2.98. The van der Waals surface area contributed by atoms with Crippen molar-refractivity contribution in [1.82, 2.24) is 27.0 Å². The van der Waals surface area contributed by atoms with Crippen molar-refractivity contribution in [3.05, 3.63) is 189 Å². The minimum absolute atomic E-state index is 0.105. The molecule has 0 aliphatic rings. The third-order valence-corrected chi connectivity index (χ3v) is 21.6. The van der Waals surface area contributed by atoms with Gasteiger partial charge in [-0.05, 0) is 149 Å².